The predicted octanol–water partition coefficient (Wildman–Crippen LogP) is 6.28. The number of H-pyrrole nitrogens is 2. The minimum Gasteiger partial charge on any atom is -0.508 e. The summed E-state index contributed by atoms with van der Waals surface area (Å²) in [6, 6.07) is 22.0. The minimum absolute atomic E-state index is 0.103. The van der Waals surface area contributed by atoms with E-state index in [1.54, 1.807) is 12.3 Å². The maximum absolute atomic E-state index is 13.9. The first kappa shape index (κ1) is 18.3. The van der Waals surface area contributed by atoms with E-state index in [4.69, 9.17) is 0 Å². The van der Waals surface area contributed by atoms with Crippen molar-refractivity contribution in [2.75, 3.05) is 0 Å². The highest BCUT2D eigenvalue weighted by Gasteiger charge is 2.15. The first-order chi connectivity index (χ1) is 15.7. The molecular formula is C26H17FN4O. The van der Waals surface area contributed by atoms with Crippen molar-refractivity contribution in [2.24, 2.45) is 0 Å². The van der Waals surface area contributed by atoms with Crippen LogP contribution in [-0.2, 0) is 0 Å². The number of aromatic nitrogens is 4. The Labute approximate surface area is 182 Å². The number of phenolic OH excluding ortho intramolecular Hbond substituents is 1. The van der Waals surface area contributed by atoms with Crippen molar-refractivity contribution in [3.8, 4) is 39.4 Å². The van der Waals surface area contributed by atoms with Gasteiger partial charge in [-0.2, -0.15) is 5.10 Å². The Morgan fingerprint density at radius 2 is 1.72 bits per heavy atom. The maximum atomic E-state index is 13.9. The van der Waals surface area contributed by atoms with E-state index in [0.717, 1.165) is 56.0 Å². The Morgan fingerprint density at radius 1 is 0.781 bits per heavy atom. The lowest BCUT2D eigenvalue weighted by atomic mass is 10.0. The molecular weight excluding hydrogens is 403 g/mol. The molecule has 0 saturated heterocycles. The average molecular weight is 420 g/mol. The number of pyridine rings is 1. The number of nitrogens with one attached hydrogen (secondary N) is 2. The summed E-state index contributed by atoms with van der Waals surface area (Å²) in [7, 11) is 0. The third-order valence-electron chi connectivity index (χ3n) is 5.67. The van der Waals surface area contributed by atoms with Gasteiger partial charge in [0.25, 0.3) is 0 Å². The smallest absolute Gasteiger partial charge is 0.127 e. The van der Waals surface area contributed by atoms with Gasteiger partial charge in [0.05, 0.1) is 11.2 Å². The summed E-state index contributed by atoms with van der Waals surface area (Å²) < 4.78 is 13.9. The zero-order valence-corrected chi connectivity index (χ0v) is 16.8. The molecule has 0 atom stereocenters. The average Bonchev–Trinajstić information content (AvgIpc) is 3.42. The maximum Gasteiger partial charge on any atom is 0.127 e. The van der Waals surface area contributed by atoms with Gasteiger partial charge in [-0.1, -0.05) is 24.3 Å². The number of hydrogen-bond acceptors (Lipinski definition) is 3. The van der Waals surface area contributed by atoms with E-state index in [-0.39, 0.29) is 5.75 Å². The molecule has 0 unspecified atom stereocenters. The quantitative estimate of drug-likeness (QED) is 0.315. The lowest BCUT2D eigenvalue weighted by Gasteiger charge is -2.05. The van der Waals surface area contributed by atoms with Crippen LogP contribution in [0.2, 0.25) is 0 Å². The van der Waals surface area contributed by atoms with Crippen LogP contribution in [0.1, 0.15) is 0 Å². The van der Waals surface area contributed by atoms with Crippen molar-refractivity contribution in [1.29, 1.82) is 0 Å². The van der Waals surface area contributed by atoms with Crippen molar-refractivity contribution >= 4 is 21.8 Å². The molecule has 3 aromatic heterocycles. The largest absolute Gasteiger partial charge is 0.508 e. The number of fused-ring (bicyclic) bond motifs is 2. The highest BCUT2D eigenvalue weighted by molar-refractivity contribution is 6.01. The summed E-state index contributed by atoms with van der Waals surface area (Å²) in [6.07, 6.45) is 3.59. The first-order valence-corrected chi connectivity index (χ1v) is 10.2. The van der Waals surface area contributed by atoms with Gasteiger partial charge in [-0.05, 0) is 59.2 Å². The van der Waals surface area contributed by atoms with Crippen LogP contribution in [0, 0.1) is 5.82 Å². The lowest BCUT2D eigenvalue weighted by molar-refractivity contribution is 0.469. The molecule has 0 aliphatic heterocycles. The van der Waals surface area contributed by atoms with Crippen molar-refractivity contribution in [1.82, 2.24) is 20.2 Å². The van der Waals surface area contributed by atoms with Gasteiger partial charge < -0.3 is 10.1 Å². The molecule has 0 radical (unpaired) electrons. The van der Waals surface area contributed by atoms with E-state index < -0.39 is 5.82 Å². The van der Waals surface area contributed by atoms with E-state index in [1.807, 2.05) is 54.7 Å². The van der Waals surface area contributed by atoms with Crippen LogP contribution >= 0.6 is 0 Å². The second kappa shape index (κ2) is 7.06. The molecule has 32 heavy (non-hydrogen) atoms. The Balaban J connectivity index is 1.52. The monoisotopic (exact) mass is 420 g/mol. The number of halogens is 1. The number of rotatable bonds is 3. The molecule has 5 nitrogen and oxygen atoms in total. The second-order valence-corrected chi connectivity index (χ2v) is 7.72. The summed E-state index contributed by atoms with van der Waals surface area (Å²) in [5.74, 6) is -0.581. The molecule has 0 spiro atoms. The summed E-state index contributed by atoms with van der Waals surface area (Å²) in [4.78, 5) is 7.65. The fourth-order valence-corrected chi connectivity index (χ4v) is 4.20. The van der Waals surface area contributed by atoms with Gasteiger partial charge in [0.2, 0.25) is 0 Å². The summed E-state index contributed by atoms with van der Waals surface area (Å²) in [6.45, 7) is 0. The molecule has 0 aliphatic rings. The molecule has 6 rings (SSSR count). The van der Waals surface area contributed by atoms with E-state index in [9.17, 15) is 9.50 Å². The summed E-state index contributed by atoms with van der Waals surface area (Å²) in [5.41, 5.74) is 7.02. The molecule has 0 bridgehead atoms. The molecule has 0 amide bonds. The molecule has 0 aliphatic carbocycles. The third kappa shape index (κ3) is 3.01. The molecule has 6 heteroatoms. The number of nitrogens with zero attached hydrogens (tertiary/aromatic N) is 2. The van der Waals surface area contributed by atoms with Crippen molar-refractivity contribution in [3.63, 3.8) is 0 Å². The minimum atomic E-state index is -0.478. The van der Waals surface area contributed by atoms with Crippen LogP contribution in [0.15, 0.2) is 85.2 Å². The fourth-order valence-electron chi connectivity index (χ4n) is 4.20. The highest BCUT2D eigenvalue weighted by Crippen LogP contribution is 2.36. The van der Waals surface area contributed by atoms with E-state index in [1.165, 1.54) is 6.07 Å². The Bertz CT molecular complexity index is 1580. The van der Waals surface area contributed by atoms with E-state index in [2.05, 4.69) is 26.2 Å². The number of hydrogen-bond donors (Lipinski definition) is 3. The van der Waals surface area contributed by atoms with Crippen molar-refractivity contribution in [3.05, 3.63) is 91.0 Å². The molecule has 3 N–H and O–H groups in total. The van der Waals surface area contributed by atoms with Crippen molar-refractivity contribution < 1.29 is 9.50 Å². The van der Waals surface area contributed by atoms with Crippen LogP contribution in [0.3, 0.4) is 0 Å². The summed E-state index contributed by atoms with van der Waals surface area (Å²) in [5, 5.41) is 19.4. The Morgan fingerprint density at radius 3 is 2.56 bits per heavy atom. The van der Waals surface area contributed by atoms with Crippen molar-refractivity contribution in [2.45, 2.75) is 0 Å². The second-order valence-electron chi connectivity index (χ2n) is 7.72. The van der Waals surface area contributed by atoms with Gasteiger partial charge in [-0.15, -0.1) is 0 Å². The summed E-state index contributed by atoms with van der Waals surface area (Å²) >= 11 is 0. The molecule has 3 heterocycles. The van der Waals surface area contributed by atoms with Crippen LogP contribution in [0.4, 0.5) is 4.39 Å². The molecule has 0 saturated carbocycles. The van der Waals surface area contributed by atoms with Gasteiger partial charge in [-0.3, -0.25) is 10.1 Å². The molecule has 6 aromatic rings. The molecule has 154 valence electrons. The van der Waals surface area contributed by atoms with Crippen LogP contribution in [0.25, 0.3) is 55.4 Å². The molecule has 0 fully saturated rings. The topological polar surface area (TPSA) is 77.6 Å². The van der Waals surface area contributed by atoms with Crippen LogP contribution < -0.4 is 0 Å². The third-order valence-corrected chi connectivity index (χ3v) is 5.67. The number of benzene rings is 3. The SMILES string of the molecule is Oc1cc(F)cc(-c2cccc3[nH]c(-c4n[nH]c5ccc(-c6cccnc6)cc45)cc23)c1. The van der Waals surface area contributed by atoms with Gasteiger partial charge in [-0.25, -0.2) is 4.39 Å². The number of aromatic hydroxyl groups is 1. The van der Waals surface area contributed by atoms with E-state index >= 15 is 0 Å². The standard InChI is InChI=1S/C26H17FN4O/c27-18-9-17(10-19(32)12-18)20-4-1-5-23-21(20)13-25(29-23)26-22-11-15(6-7-24(22)30-31-26)16-3-2-8-28-14-16/h1-14,29,32H,(H,30,31). The van der Waals surface area contributed by atoms with E-state index in [0.29, 0.717) is 5.56 Å². The van der Waals surface area contributed by atoms with Gasteiger partial charge in [0.1, 0.15) is 17.3 Å². The fraction of sp³-hybridized carbons (Fsp3) is 0. The lowest BCUT2D eigenvalue weighted by Crippen LogP contribution is -1.82. The number of phenols is 1. The normalized spacial score (nSPS) is 11.4. The van der Waals surface area contributed by atoms with Crippen LogP contribution in [-0.4, -0.2) is 25.3 Å². The zero-order valence-electron chi connectivity index (χ0n) is 16.8. The highest BCUT2D eigenvalue weighted by atomic mass is 19.1. The van der Waals surface area contributed by atoms with Gasteiger partial charge >= 0.3 is 0 Å². The van der Waals surface area contributed by atoms with Crippen LogP contribution in [0.5, 0.6) is 5.75 Å². The predicted molar refractivity (Wildman–Crippen MR) is 124 cm³/mol. The van der Waals surface area contributed by atoms with Gasteiger partial charge in [0, 0.05) is 40.3 Å². The Kier molecular flexibility index (Phi) is 4.04. The first-order valence-electron chi connectivity index (χ1n) is 10.2. The Hall–Kier alpha value is -4.45. The zero-order chi connectivity index (χ0) is 21.7. The van der Waals surface area contributed by atoms with Gasteiger partial charge in [0.15, 0.2) is 0 Å². The molecule has 3 aromatic carbocycles. The number of aromatic amines is 2.